The molecule has 4 rings (SSSR count). The van der Waals surface area contributed by atoms with Crippen LogP contribution < -0.4 is 10.6 Å². The summed E-state index contributed by atoms with van der Waals surface area (Å²) in [6, 6.07) is 19.3. The van der Waals surface area contributed by atoms with Gasteiger partial charge in [0, 0.05) is 24.9 Å². The molecule has 0 bridgehead atoms. The maximum atomic E-state index is 13.6. The Bertz CT molecular complexity index is 1040. The van der Waals surface area contributed by atoms with Gasteiger partial charge in [-0.25, -0.2) is 0 Å². The fourth-order valence-corrected chi connectivity index (χ4v) is 5.25. The summed E-state index contributed by atoms with van der Waals surface area (Å²) < 4.78 is 0. The summed E-state index contributed by atoms with van der Waals surface area (Å²) >= 11 is 0. The van der Waals surface area contributed by atoms with Crippen LogP contribution in [0.15, 0.2) is 73.1 Å². The van der Waals surface area contributed by atoms with Crippen molar-refractivity contribution in [3.05, 3.63) is 84.2 Å². The van der Waals surface area contributed by atoms with Gasteiger partial charge in [0.15, 0.2) is 0 Å². The lowest BCUT2D eigenvalue weighted by Gasteiger charge is -2.36. The predicted molar refractivity (Wildman–Crippen MR) is 144 cm³/mol. The summed E-state index contributed by atoms with van der Waals surface area (Å²) in [5.41, 5.74) is 2.26. The molecule has 0 spiro atoms. The smallest absolute Gasteiger partial charge is 0.249 e. The van der Waals surface area contributed by atoms with Crippen LogP contribution in [-0.2, 0) is 14.4 Å². The van der Waals surface area contributed by atoms with E-state index in [1.165, 1.54) is 4.90 Å². The largest absolute Gasteiger partial charge is 0.343 e. The molecular weight excluding hydrogens is 464 g/mol. The Balaban J connectivity index is 1.51. The molecule has 37 heavy (non-hydrogen) atoms. The highest BCUT2D eigenvalue weighted by Crippen LogP contribution is 2.29. The van der Waals surface area contributed by atoms with Crippen LogP contribution in [-0.4, -0.2) is 59.7 Å². The minimum Gasteiger partial charge on any atom is -0.343 e. The molecule has 196 valence electrons. The molecule has 2 aromatic carbocycles. The SMILES string of the molecule is CN[C@@H](C)C(=O)N[C@H](C(=O)N1C=CN(CC(c2ccccc2)c2ccccc2)C(=O)C1)C1CCCCC1. The lowest BCUT2D eigenvalue weighted by atomic mass is 9.83. The van der Waals surface area contributed by atoms with Gasteiger partial charge in [-0.3, -0.25) is 14.4 Å². The zero-order chi connectivity index (χ0) is 26.2. The van der Waals surface area contributed by atoms with Gasteiger partial charge in [0.05, 0.1) is 6.04 Å². The Kier molecular flexibility index (Phi) is 9.12. The first-order valence-corrected chi connectivity index (χ1v) is 13.3. The predicted octanol–water partition coefficient (Wildman–Crippen LogP) is 3.63. The van der Waals surface area contributed by atoms with Crippen LogP contribution in [0.3, 0.4) is 0 Å². The number of hydrogen-bond acceptors (Lipinski definition) is 4. The van der Waals surface area contributed by atoms with Gasteiger partial charge in [0.2, 0.25) is 17.7 Å². The van der Waals surface area contributed by atoms with Gasteiger partial charge < -0.3 is 20.4 Å². The van der Waals surface area contributed by atoms with Gasteiger partial charge in [-0.1, -0.05) is 79.9 Å². The lowest BCUT2D eigenvalue weighted by Crippen LogP contribution is -2.56. The Hall–Kier alpha value is -3.45. The average Bonchev–Trinajstić information content (AvgIpc) is 2.95. The van der Waals surface area contributed by atoms with Gasteiger partial charge in [-0.05, 0) is 43.9 Å². The molecule has 0 radical (unpaired) electrons. The van der Waals surface area contributed by atoms with Crippen LogP contribution >= 0.6 is 0 Å². The molecule has 3 amide bonds. The van der Waals surface area contributed by atoms with E-state index in [4.69, 9.17) is 0 Å². The average molecular weight is 503 g/mol. The van der Waals surface area contributed by atoms with Gasteiger partial charge in [0.1, 0.15) is 12.6 Å². The molecule has 2 aromatic rings. The number of hydrogen-bond donors (Lipinski definition) is 2. The van der Waals surface area contributed by atoms with E-state index < -0.39 is 12.1 Å². The van der Waals surface area contributed by atoms with Crippen LogP contribution in [0.4, 0.5) is 0 Å². The second-order valence-electron chi connectivity index (χ2n) is 10.1. The van der Waals surface area contributed by atoms with Gasteiger partial charge in [-0.15, -0.1) is 0 Å². The minimum atomic E-state index is -0.631. The maximum absolute atomic E-state index is 13.6. The molecule has 1 aliphatic heterocycles. The molecule has 2 N–H and O–H groups in total. The number of nitrogens with zero attached hydrogens (tertiary/aromatic N) is 2. The van der Waals surface area contributed by atoms with Crippen molar-refractivity contribution in [2.45, 2.75) is 57.0 Å². The first-order chi connectivity index (χ1) is 18.0. The highest BCUT2D eigenvalue weighted by atomic mass is 16.2. The number of carbonyl (C=O) groups is 3. The number of amides is 3. The molecule has 0 aromatic heterocycles. The van der Waals surface area contributed by atoms with Crippen molar-refractivity contribution in [1.82, 2.24) is 20.4 Å². The Morgan fingerprint density at radius 1 is 0.919 bits per heavy atom. The molecule has 1 saturated carbocycles. The molecule has 7 nitrogen and oxygen atoms in total. The molecule has 1 aliphatic carbocycles. The topological polar surface area (TPSA) is 81.8 Å². The third-order valence-electron chi connectivity index (χ3n) is 7.63. The summed E-state index contributed by atoms with van der Waals surface area (Å²) in [5, 5.41) is 5.92. The molecule has 1 heterocycles. The fraction of sp³-hybridized carbons (Fsp3) is 0.433. The monoisotopic (exact) mass is 502 g/mol. The van der Waals surface area contributed by atoms with E-state index in [-0.39, 0.29) is 36.1 Å². The number of carbonyl (C=O) groups excluding carboxylic acids is 3. The quantitative estimate of drug-likeness (QED) is 0.549. The zero-order valence-electron chi connectivity index (χ0n) is 21.8. The molecule has 7 heteroatoms. The van der Waals surface area contributed by atoms with Crippen LogP contribution in [0, 0.1) is 5.92 Å². The summed E-state index contributed by atoms with van der Waals surface area (Å²) in [4.78, 5) is 42.8. The first-order valence-electron chi connectivity index (χ1n) is 13.3. The number of benzene rings is 2. The van der Waals surface area contributed by atoms with Crippen LogP contribution in [0.5, 0.6) is 0 Å². The second-order valence-corrected chi connectivity index (χ2v) is 10.1. The van der Waals surface area contributed by atoms with Crippen molar-refractivity contribution in [2.75, 3.05) is 20.1 Å². The summed E-state index contributed by atoms with van der Waals surface area (Å²) in [7, 11) is 1.72. The Morgan fingerprint density at radius 3 is 2.05 bits per heavy atom. The molecule has 0 saturated heterocycles. The summed E-state index contributed by atoms with van der Waals surface area (Å²) in [5.74, 6) is -0.457. The van der Waals surface area contributed by atoms with E-state index in [0.717, 1.165) is 43.2 Å². The molecule has 2 aliphatic rings. The molecule has 0 unspecified atom stereocenters. The van der Waals surface area contributed by atoms with Crippen molar-refractivity contribution in [3.8, 4) is 0 Å². The van der Waals surface area contributed by atoms with Crippen LogP contribution in [0.25, 0.3) is 0 Å². The van der Waals surface area contributed by atoms with E-state index in [0.29, 0.717) is 6.54 Å². The summed E-state index contributed by atoms with van der Waals surface area (Å²) in [6.45, 7) is 2.22. The maximum Gasteiger partial charge on any atom is 0.249 e. The molecular formula is C30H38N4O3. The van der Waals surface area contributed by atoms with E-state index >= 15 is 0 Å². The van der Waals surface area contributed by atoms with E-state index in [2.05, 4.69) is 34.9 Å². The molecule has 2 atom stereocenters. The van der Waals surface area contributed by atoms with Crippen molar-refractivity contribution >= 4 is 17.7 Å². The number of likely N-dealkylation sites (N-methyl/N-ethyl adjacent to an activating group) is 1. The highest BCUT2D eigenvalue weighted by Gasteiger charge is 2.36. The van der Waals surface area contributed by atoms with Gasteiger partial charge in [0.25, 0.3) is 0 Å². The van der Waals surface area contributed by atoms with Crippen molar-refractivity contribution in [3.63, 3.8) is 0 Å². The number of rotatable bonds is 9. The van der Waals surface area contributed by atoms with E-state index in [1.807, 2.05) is 36.4 Å². The van der Waals surface area contributed by atoms with Crippen LogP contribution in [0.1, 0.15) is 56.1 Å². The van der Waals surface area contributed by atoms with Crippen molar-refractivity contribution in [1.29, 1.82) is 0 Å². The van der Waals surface area contributed by atoms with Gasteiger partial charge in [-0.2, -0.15) is 0 Å². The van der Waals surface area contributed by atoms with E-state index in [1.54, 1.807) is 31.3 Å². The minimum absolute atomic E-state index is 0.00978. The third kappa shape index (κ3) is 6.66. The standard InChI is InChI=1S/C30H38N4O3/c1-22(31-2)29(36)32-28(25-16-10-5-11-17-25)30(37)34-19-18-33(27(35)21-34)20-26(23-12-6-3-7-13-23)24-14-8-4-9-15-24/h3-4,6-9,12-15,18-19,22,25-26,28,31H,5,10-11,16-17,20-21H2,1-2H3,(H,32,36)/t22-,28-/m0/s1. The van der Waals surface area contributed by atoms with Crippen LogP contribution in [0.2, 0.25) is 0 Å². The van der Waals surface area contributed by atoms with Crippen molar-refractivity contribution < 1.29 is 14.4 Å². The third-order valence-corrected chi connectivity index (χ3v) is 7.63. The van der Waals surface area contributed by atoms with Crippen molar-refractivity contribution in [2.24, 2.45) is 5.92 Å². The zero-order valence-corrected chi connectivity index (χ0v) is 21.8. The fourth-order valence-electron chi connectivity index (χ4n) is 5.25. The highest BCUT2D eigenvalue weighted by molar-refractivity contribution is 5.93. The molecule has 1 fully saturated rings. The normalized spacial score (nSPS) is 18.1. The number of nitrogens with one attached hydrogen (secondary N) is 2. The first kappa shape index (κ1) is 26.6. The summed E-state index contributed by atoms with van der Waals surface area (Å²) in [6.07, 6.45) is 8.46. The second kappa shape index (κ2) is 12.7. The Labute approximate surface area is 219 Å². The van der Waals surface area contributed by atoms with E-state index in [9.17, 15) is 14.4 Å². The Morgan fingerprint density at radius 2 is 1.51 bits per heavy atom. The van der Waals surface area contributed by atoms with Gasteiger partial charge >= 0.3 is 0 Å². The lowest BCUT2D eigenvalue weighted by molar-refractivity contribution is -0.142.